The van der Waals surface area contributed by atoms with Crippen molar-refractivity contribution >= 4 is 28.2 Å². The summed E-state index contributed by atoms with van der Waals surface area (Å²) in [4.78, 5) is 27.1. The molecule has 0 radical (unpaired) electrons. The Bertz CT molecular complexity index is 819. The van der Waals surface area contributed by atoms with E-state index < -0.39 is 11.2 Å². The first-order valence-electron chi connectivity index (χ1n) is 10.2. The number of fused-ring (bicyclic) bond motifs is 1. The lowest BCUT2D eigenvalue weighted by molar-refractivity contribution is -0.118. The van der Waals surface area contributed by atoms with Gasteiger partial charge in [-0.25, -0.2) is 0 Å². The smallest absolute Gasteiger partial charge is 0.254 e. The van der Waals surface area contributed by atoms with Gasteiger partial charge in [0.05, 0.1) is 16.8 Å². The van der Waals surface area contributed by atoms with E-state index in [-0.39, 0.29) is 28.6 Å². The Hall–Kier alpha value is -1.40. The second-order valence-corrected chi connectivity index (χ2v) is 11.3. The number of rotatable bonds is 5. The van der Waals surface area contributed by atoms with Crippen molar-refractivity contribution < 1.29 is 14.3 Å². The van der Waals surface area contributed by atoms with Crippen molar-refractivity contribution in [3.8, 4) is 0 Å². The van der Waals surface area contributed by atoms with E-state index in [1.165, 1.54) is 11.3 Å². The molecule has 1 aromatic rings. The minimum atomic E-state index is -0.588. The number of thiophene rings is 1. The van der Waals surface area contributed by atoms with Gasteiger partial charge in [0.15, 0.2) is 0 Å². The summed E-state index contributed by atoms with van der Waals surface area (Å²) in [5.41, 5.74) is 0.279. The molecule has 2 heterocycles. The van der Waals surface area contributed by atoms with Gasteiger partial charge >= 0.3 is 0 Å². The third-order valence-electron chi connectivity index (χ3n) is 6.85. The van der Waals surface area contributed by atoms with E-state index in [0.29, 0.717) is 17.1 Å². The molecule has 1 saturated carbocycles. The number of hydrogen-bond donors (Lipinski definition) is 2. The zero-order valence-electron chi connectivity index (χ0n) is 18.6. The summed E-state index contributed by atoms with van der Waals surface area (Å²) >= 11 is 1.48. The number of amides is 2. The van der Waals surface area contributed by atoms with Gasteiger partial charge in [-0.1, -0.05) is 34.6 Å². The van der Waals surface area contributed by atoms with Gasteiger partial charge in [0.25, 0.3) is 5.91 Å². The summed E-state index contributed by atoms with van der Waals surface area (Å²) < 4.78 is 6.25. The van der Waals surface area contributed by atoms with Gasteiger partial charge < -0.3 is 15.4 Å². The average molecular weight is 407 g/mol. The Morgan fingerprint density at radius 2 is 1.57 bits per heavy atom. The SMILES string of the molecule is CCCNC(=O)c1c(NC(=O)C2C(C)(C)C2(C)C)sc2c1C(C)(C)OC2(C)C. The zero-order chi connectivity index (χ0) is 21.3. The second kappa shape index (κ2) is 6.30. The molecule has 1 aliphatic heterocycles. The molecule has 0 unspecified atom stereocenters. The number of ether oxygens (including phenoxy) is 1. The maximum atomic E-state index is 13.1. The van der Waals surface area contributed by atoms with Gasteiger partial charge in [0, 0.05) is 22.9 Å². The molecule has 1 fully saturated rings. The highest BCUT2D eigenvalue weighted by Crippen LogP contribution is 2.68. The summed E-state index contributed by atoms with van der Waals surface area (Å²) in [6.45, 7) is 19.1. The van der Waals surface area contributed by atoms with Crippen molar-refractivity contribution in [2.75, 3.05) is 11.9 Å². The molecule has 0 aromatic carbocycles. The molecule has 2 aliphatic rings. The molecule has 1 aliphatic carbocycles. The molecule has 1 aromatic heterocycles. The number of anilines is 1. The third-order valence-corrected chi connectivity index (χ3v) is 8.26. The number of carbonyl (C=O) groups excluding carboxylic acids is 2. The van der Waals surface area contributed by atoms with Crippen molar-refractivity contribution in [2.45, 2.75) is 79.9 Å². The van der Waals surface area contributed by atoms with Crippen molar-refractivity contribution in [3.63, 3.8) is 0 Å². The van der Waals surface area contributed by atoms with E-state index in [0.717, 1.165) is 16.9 Å². The molecule has 0 spiro atoms. The Morgan fingerprint density at radius 3 is 2.07 bits per heavy atom. The molecule has 0 bridgehead atoms. The molecule has 156 valence electrons. The van der Waals surface area contributed by atoms with E-state index in [4.69, 9.17) is 4.74 Å². The molecular weight excluding hydrogens is 372 g/mol. The van der Waals surface area contributed by atoms with Crippen LogP contribution in [-0.2, 0) is 20.7 Å². The lowest BCUT2D eigenvalue weighted by Gasteiger charge is -2.26. The summed E-state index contributed by atoms with van der Waals surface area (Å²) in [5, 5.41) is 6.74. The maximum Gasteiger partial charge on any atom is 0.254 e. The molecule has 2 N–H and O–H groups in total. The minimum Gasteiger partial charge on any atom is -0.359 e. The van der Waals surface area contributed by atoms with Crippen LogP contribution in [0.4, 0.5) is 5.00 Å². The molecule has 28 heavy (non-hydrogen) atoms. The normalized spacial score (nSPS) is 23.2. The first-order valence-corrected chi connectivity index (χ1v) is 11.0. The lowest BCUT2D eigenvalue weighted by atomic mass is 9.93. The van der Waals surface area contributed by atoms with Gasteiger partial charge in [-0.3, -0.25) is 9.59 Å². The largest absolute Gasteiger partial charge is 0.359 e. The van der Waals surface area contributed by atoms with Crippen LogP contribution >= 0.6 is 11.3 Å². The van der Waals surface area contributed by atoms with Crippen LogP contribution in [0.2, 0.25) is 0 Å². The number of hydrogen-bond acceptors (Lipinski definition) is 4. The van der Waals surface area contributed by atoms with Gasteiger partial charge in [-0.05, 0) is 44.9 Å². The Kier molecular flexibility index (Phi) is 4.79. The second-order valence-electron chi connectivity index (χ2n) is 10.3. The van der Waals surface area contributed by atoms with Crippen LogP contribution in [-0.4, -0.2) is 18.4 Å². The van der Waals surface area contributed by atoms with E-state index in [9.17, 15) is 9.59 Å². The highest BCUT2D eigenvalue weighted by molar-refractivity contribution is 7.17. The third kappa shape index (κ3) is 3.00. The maximum absolute atomic E-state index is 13.1. The fourth-order valence-corrected chi connectivity index (χ4v) is 6.22. The highest BCUT2D eigenvalue weighted by Gasteiger charge is 2.68. The van der Waals surface area contributed by atoms with E-state index in [1.807, 2.05) is 34.6 Å². The van der Waals surface area contributed by atoms with Crippen LogP contribution in [0.1, 0.15) is 89.5 Å². The van der Waals surface area contributed by atoms with Crippen LogP contribution in [0.3, 0.4) is 0 Å². The van der Waals surface area contributed by atoms with Crippen LogP contribution in [0.15, 0.2) is 0 Å². The van der Waals surface area contributed by atoms with Gasteiger partial charge in [0.1, 0.15) is 5.00 Å². The monoisotopic (exact) mass is 406 g/mol. The first-order chi connectivity index (χ1) is 12.7. The van der Waals surface area contributed by atoms with Crippen LogP contribution in [0, 0.1) is 16.7 Å². The van der Waals surface area contributed by atoms with Crippen molar-refractivity contribution in [3.05, 3.63) is 16.0 Å². The van der Waals surface area contributed by atoms with E-state index in [2.05, 4.69) is 38.3 Å². The average Bonchev–Trinajstić information content (AvgIpc) is 2.82. The molecule has 3 rings (SSSR count). The highest BCUT2D eigenvalue weighted by atomic mass is 32.1. The van der Waals surface area contributed by atoms with Crippen LogP contribution in [0.5, 0.6) is 0 Å². The number of carbonyl (C=O) groups is 2. The Labute approximate surface area is 172 Å². The summed E-state index contributed by atoms with van der Waals surface area (Å²) in [5.74, 6) is -0.213. The van der Waals surface area contributed by atoms with Gasteiger partial charge in [-0.15, -0.1) is 11.3 Å². The van der Waals surface area contributed by atoms with Crippen molar-refractivity contribution in [2.24, 2.45) is 16.7 Å². The van der Waals surface area contributed by atoms with Crippen molar-refractivity contribution in [1.29, 1.82) is 0 Å². The van der Waals surface area contributed by atoms with Gasteiger partial charge in [0.2, 0.25) is 5.91 Å². The van der Waals surface area contributed by atoms with Crippen LogP contribution in [0.25, 0.3) is 0 Å². The topological polar surface area (TPSA) is 67.4 Å². The fraction of sp³-hybridized carbons (Fsp3) is 0.727. The molecule has 0 atom stereocenters. The van der Waals surface area contributed by atoms with Crippen LogP contribution < -0.4 is 10.6 Å². The predicted molar refractivity (Wildman–Crippen MR) is 114 cm³/mol. The fourth-order valence-electron chi connectivity index (χ4n) is 4.83. The lowest BCUT2D eigenvalue weighted by Crippen LogP contribution is -2.29. The molecular formula is C22H34N2O3S. The standard InChI is InChI=1S/C22H34N2O3S/c1-10-11-23-16(25)12-13-15(22(8,9)27-21(13,6)7)28-18(12)24-17(26)14-19(2,3)20(14,4)5/h14H,10-11H2,1-9H3,(H,23,25)(H,24,26). The van der Waals surface area contributed by atoms with Crippen molar-refractivity contribution in [1.82, 2.24) is 5.32 Å². The summed E-state index contributed by atoms with van der Waals surface area (Å²) in [7, 11) is 0. The Morgan fingerprint density at radius 1 is 1.00 bits per heavy atom. The Balaban J connectivity index is 2.02. The molecule has 2 amide bonds. The quantitative estimate of drug-likeness (QED) is 0.722. The molecule has 0 saturated heterocycles. The molecule has 5 nitrogen and oxygen atoms in total. The van der Waals surface area contributed by atoms with E-state index in [1.54, 1.807) is 0 Å². The first kappa shape index (κ1) is 21.3. The number of nitrogens with one attached hydrogen (secondary N) is 2. The zero-order valence-corrected chi connectivity index (χ0v) is 19.4. The minimum absolute atomic E-state index is 0.00371. The summed E-state index contributed by atoms with van der Waals surface area (Å²) in [6.07, 6.45) is 0.857. The predicted octanol–water partition coefficient (Wildman–Crippen LogP) is 5.01. The van der Waals surface area contributed by atoms with Gasteiger partial charge in [-0.2, -0.15) is 0 Å². The molecule has 6 heteroatoms. The summed E-state index contributed by atoms with van der Waals surface area (Å²) in [6, 6.07) is 0. The van der Waals surface area contributed by atoms with E-state index >= 15 is 0 Å².